The number of amidine groups is 1. The Labute approximate surface area is 270 Å². The molecule has 5 aliphatic rings. The zero-order valence-electron chi connectivity index (χ0n) is 27.8. The Bertz CT molecular complexity index is 1300. The van der Waals surface area contributed by atoms with Crippen molar-refractivity contribution in [3.63, 3.8) is 0 Å². The maximum atomic E-state index is 14.9. The molecule has 2 fully saturated rings. The lowest BCUT2D eigenvalue weighted by molar-refractivity contribution is -0.141. The van der Waals surface area contributed by atoms with Gasteiger partial charge >= 0.3 is 12.1 Å². The third kappa shape index (κ3) is 7.57. The summed E-state index contributed by atoms with van der Waals surface area (Å²) in [6.07, 6.45) is 2.70. The van der Waals surface area contributed by atoms with Crippen molar-refractivity contribution in [3.8, 4) is 0 Å². The van der Waals surface area contributed by atoms with Gasteiger partial charge in [-0.2, -0.15) is 0 Å². The van der Waals surface area contributed by atoms with Crippen molar-refractivity contribution in [3.05, 3.63) is 34.2 Å². The number of hydrogen-bond donors (Lipinski definition) is 3. The first-order chi connectivity index (χ1) is 21.6. The fourth-order valence-corrected chi connectivity index (χ4v) is 7.55. The Morgan fingerprint density at radius 3 is 2.57 bits per heavy atom. The Hall–Kier alpha value is -3.03. The topological polar surface area (TPSA) is 122 Å². The number of carboxylic acid groups (broad SMARTS) is 1. The van der Waals surface area contributed by atoms with Crippen LogP contribution < -0.4 is 5.32 Å². The number of rotatable bonds is 7. The van der Waals surface area contributed by atoms with E-state index in [-0.39, 0.29) is 31.4 Å². The highest BCUT2D eigenvalue weighted by Gasteiger charge is 2.47. The fraction of sp³-hybridized carbons (Fsp3) is 0.727. The molecule has 5 rings (SSSR count). The van der Waals surface area contributed by atoms with E-state index in [2.05, 4.69) is 5.32 Å². The smallest absolute Gasteiger partial charge is 0.410 e. The van der Waals surface area contributed by atoms with Crippen molar-refractivity contribution >= 4 is 17.9 Å². The number of amides is 1. The summed E-state index contributed by atoms with van der Waals surface area (Å²) < 4.78 is 41.0. The van der Waals surface area contributed by atoms with Crippen LogP contribution in [0.15, 0.2) is 34.2 Å². The molecule has 13 heteroatoms. The van der Waals surface area contributed by atoms with Crippen LogP contribution in [0.3, 0.4) is 0 Å². The van der Waals surface area contributed by atoms with Crippen molar-refractivity contribution in [1.82, 2.24) is 25.1 Å². The second-order valence-corrected chi connectivity index (χ2v) is 14.6. The molecule has 0 saturated carbocycles. The number of allylic oxidation sites excluding steroid dienone is 3. The van der Waals surface area contributed by atoms with Gasteiger partial charge in [0.1, 0.15) is 18.0 Å². The van der Waals surface area contributed by atoms with Crippen LogP contribution in [0.25, 0.3) is 0 Å². The second-order valence-electron chi connectivity index (χ2n) is 14.6. The number of aliphatic carboxylic acids is 1. The van der Waals surface area contributed by atoms with Gasteiger partial charge in [0.2, 0.25) is 6.43 Å². The van der Waals surface area contributed by atoms with E-state index in [0.717, 1.165) is 42.7 Å². The molecule has 0 bridgehead atoms. The minimum atomic E-state index is -2.61. The number of carboxylic acids is 1. The molecule has 0 radical (unpaired) electrons. The molecule has 0 aromatic rings. The first kappa shape index (κ1) is 34.3. The van der Waals surface area contributed by atoms with Gasteiger partial charge in [0.15, 0.2) is 0 Å². The van der Waals surface area contributed by atoms with Gasteiger partial charge in [-0.15, -0.1) is 0 Å². The Morgan fingerprint density at radius 1 is 1.20 bits per heavy atom. The van der Waals surface area contributed by atoms with Gasteiger partial charge in [-0.05, 0) is 52.0 Å². The molecule has 3 N–H and O–H groups in total. The van der Waals surface area contributed by atoms with Crippen LogP contribution >= 0.6 is 0 Å². The van der Waals surface area contributed by atoms with E-state index >= 15 is 0 Å². The van der Waals surface area contributed by atoms with Crippen LogP contribution in [-0.2, 0) is 14.3 Å². The lowest BCUT2D eigenvalue weighted by Crippen LogP contribution is -2.48. The maximum absolute atomic E-state index is 14.9. The lowest BCUT2D eigenvalue weighted by Gasteiger charge is -2.43. The predicted molar refractivity (Wildman–Crippen MR) is 169 cm³/mol. The largest absolute Gasteiger partial charge is 0.480 e. The zero-order valence-corrected chi connectivity index (χ0v) is 27.8. The molecule has 1 aliphatic carbocycles. The molecule has 2 atom stereocenters. The molecule has 11 nitrogen and oxygen atoms in total. The monoisotopic (exact) mass is 648 g/mol. The first-order valence-electron chi connectivity index (χ1n) is 16.5. The Morgan fingerprint density at radius 2 is 1.91 bits per heavy atom. The lowest BCUT2D eigenvalue weighted by atomic mass is 9.70. The van der Waals surface area contributed by atoms with E-state index in [4.69, 9.17) is 9.47 Å². The predicted octanol–water partition coefficient (Wildman–Crippen LogP) is 4.44. The third-order valence-electron chi connectivity index (χ3n) is 9.73. The van der Waals surface area contributed by atoms with Gasteiger partial charge in [-0.25, -0.2) is 23.6 Å². The third-order valence-corrected chi connectivity index (χ3v) is 9.73. The first-order valence-corrected chi connectivity index (χ1v) is 16.5. The molecule has 256 valence electrons. The Balaban J connectivity index is 1.46. The summed E-state index contributed by atoms with van der Waals surface area (Å²) in [5.41, 5.74) is 2.67. The normalized spacial score (nSPS) is 27.2. The highest BCUT2D eigenvalue weighted by atomic mass is 19.3. The minimum Gasteiger partial charge on any atom is -0.480 e. The Kier molecular flexibility index (Phi) is 10.1. The van der Waals surface area contributed by atoms with E-state index in [9.17, 15) is 28.9 Å². The molecule has 0 aromatic heterocycles. The van der Waals surface area contributed by atoms with Crippen LogP contribution in [0, 0.1) is 16.7 Å². The SMILES string of the molecule is CN1CC(C)(C2=CC3=C(CC2C(F)F)N(C(=N)C2=C(NC4CCOCC4)CCN(C(=O)OC(C)(C)C)C2)CCC3)CN1CC(=O)O. The van der Waals surface area contributed by atoms with Crippen molar-refractivity contribution < 1.29 is 33.0 Å². The van der Waals surface area contributed by atoms with Gasteiger partial charge in [0.05, 0.1) is 6.54 Å². The number of alkyl halides is 2. The molecule has 2 unspecified atom stereocenters. The number of nitrogens with zero attached hydrogens (tertiary/aromatic N) is 4. The van der Waals surface area contributed by atoms with Crippen molar-refractivity contribution in [2.45, 2.75) is 84.3 Å². The van der Waals surface area contributed by atoms with Gasteiger partial charge in [-0.1, -0.05) is 18.6 Å². The molecule has 0 aromatic carbocycles. The summed E-state index contributed by atoms with van der Waals surface area (Å²) in [5.74, 6) is -1.77. The van der Waals surface area contributed by atoms with E-state index in [1.54, 1.807) is 17.0 Å². The summed E-state index contributed by atoms with van der Waals surface area (Å²) in [4.78, 5) is 28.1. The van der Waals surface area contributed by atoms with Crippen LogP contribution in [0.1, 0.15) is 66.2 Å². The van der Waals surface area contributed by atoms with Crippen LogP contribution in [0.5, 0.6) is 0 Å². The number of halogens is 2. The van der Waals surface area contributed by atoms with Gasteiger partial charge in [0.25, 0.3) is 0 Å². The van der Waals surface area contributed by atoms with E-state index in [0.29, 0.717) is 57.0 Å². The van der Waals surface area contributed by atoms with Crippen LogP contribution in [0.2, 0.25) is 0 Å². The molecule has 4 heterocycles. The molecule has 46 heavy (non-hydrogen) atoms. The quantitative estimate of drug-likeness (QED) is 0.272. The highest BCUT2D eigenvalue weighted by Crippen LogP contribution is 2.48. The number of nitrogens with one attached hydrogen (secondary N) is 2. The molecular weight excluding hydrogens is 598 g/mol. The number of ether oxygens (including phenoxy) is 2. The second kappa shape index (κ2) is 13.6. The number of carbonyl (C=O) groups excluding carboxylic acids is 1. The van der Waals surface area contributed by atoms with Crippen LogP contribution in [0.4, 0.5) is 13.6 Å². The summed E-state index contributed by atoms with van der Waals surface area (Å²) >= 11 is 0. The highest BCUT2D eigenvalue weighted by molar-refractivity contribution is 5.99. The van der Waals surface area contributed by atoms with E-state index < -0.39 is 35.4 Å². The van der Waals surface area contributed by atoms with Gasteiger partial charge in [-0.3, -0.25) is 10.2 Å². The average molecular weight is 649 g/mol. The van der Waals surface area contributed by atoms with Crippen LogP contribution in [-0.4, -0.2) is 120 Å². The summed E-state index contributed by atoms with van der Waals surface area (Å²) in [6, 6.07) is 0.199. The van der Waals surface area contributed by atoms with Gasteiger partial charge in [0, 0.05) is 93.6 Å². The maximum Gasteiger partial charge on any atom is 0.410 e. The summed E-state index contributed by atoms with van der Waals surface area (Å²) in [6.45, 7) is 10.6. The summed E-state index contributed by atoms with van der Waals surface area (Å²) in [7, 11) is 1.80. The fourth-order valence-electron chi connectivity index (χ4n) is 7.55. The van der Waals surface area contributed by atoms with Crippen molar-refractivity contribution in [2.75, 3.05) is 59.5 Å². The molecule has 0 spiro atoms. The van der Waals surface area contributed by atoms with E-state index in [1.165, 1.54) is 0 Å². The van der Waals surface area contributed by atoms with Crippen molar-refractivity contribution in [2.24, 2.45) is 11.3 Å². The molecule has 2 saturated heterocycles. The van der Waals surface area contributed by atoms with E-state index in [1.807, 2.05) is 43.7 Å². The average Bonchev–Trinajstić information content (AvgIpc) is 3.28. The molecule has 4 aliphatic heterocycles. The number of carbonyl (C=O) groups is 2. The molecular formula is C33H50F2N6O5. The summed E-state index contributed by atoms with van der Waals surface area (Å²) in [5, 5.41) is 26.1. The zero-order chi connectivity index (χ0) is 33.4. The minimum absolute atomic E-state index is 0.102. The number of hydrazine groups is 1. The number of hydrogen-bond acceptors (Lipinski definition) is 8. The standard InChI is InChI=1S/C33H50F2N6O5/c1-32(2,3)46-31(44)39-12-8-26(37-22-9-13-45-14-10-22)24(17-39)30(36)41-11-6-7-21-15-25(23(29(34)35)16-27(21)41)33(4)19-38(5)40(20-33)18-28(42)43/h15,22-23,29,36-37H,6-14,16-20H2,1-5H3,(H,42,43). The molecule has 1 amide bonds. The van der Waals surface area contributed by atoms with Crippen molar-refractivity contribution in [1.29, 1.82) is 5.41 Å². The van der Waals surface area contributed by atoms with Gasteiger partial charge < -0.3 is 29.7 Å².